The van der Waals surface area contributed by atoms with Crippen LogP contribution in [0, 0.1) is 6.92 Å². The van der Waals surface area contributed by atoms with Gasteiger partial charge in [-0.2, -0.15) is 0 Å². The van der Waals surface area contributed by atoms with Crippen LogP contribution in [0.1, 0.15) is 16.2 Å². The van der Waals surface area contributed by atoms with Crippen molar-refractivity contribution in [1.29, 1.82) is 0 Å². The molecular formula is C25H22ClN3O3. The summed E-state index contributed by atoms with van der Waals surface area (Å²) in [6, 6.07) is 21.3. The fraction of sp³-hybridized carbons (Fsp3) is 0.160. The van der Waals surface area contributed by atoms with E-state index in [9.17, 15) is 9.59 Å². The van der Waals surface area contributed by atoms with Gasteiger partial charge in [-0.3, -0.25) is 14.2 Å². The van der Waals surface area contributed by atoms with Gasteiger partial charge in [-0.1, -0.05) is 29.8 Å². The van der Waals surface area contributed by atoms with Crippen LogP contribution >= 0.6 is 11.6 Å². The van der Waals surface area contributed by atoms with E-state index in [-0.39, 0.29) is 11.5 Å². The largest absolute Gasteiger partial charge is 0.492 e. The number of likely N-dealkylation sites (N-methyl/N-ethyl adjacent to an activating group) is 1. The van der Waals surface area contributed by atoms with Gasteiger partial charge in [0.25, 0.3) is 11.5 Å². The SMILES string of the molecule is Cc1nc2ccccc2c(=O)n1-c1ccc(C(=O)N(C)CCOc2cccc(Cl)c2)cc1. The minimum Gasteiger partial charge on any atom is -0.492 e. The van der Waals surface area contributed by atoms with Crippen molar-refractivity contribution < 1.29 is 9.53 Å². The van der Waals surface area contributed by atoms with Crippen molar-refractivity contribution in [1.82, 2.24) is 14.5 Å². The molecule has 0 bridgehead atoms. The summed E-state index contributed by atoms with van der Waals surface area (Å²) in [6.45, 7) is 2.55. The Hall–Kier alpha value is -3.64. The third-order valence-corrected chi connectivity index (χ3v) is 5.39. The summed E-state index contributed by atoms with van der Waals surface area (Å²) in [7, 11) is 1.72. The summed E-state index contributed by atoms with van der Waals surface area (Å²) in [5.74, 6) is 1.11. The minimum atomic E-state index is -0.137. The molecule has 0 radical (unpaired) electrons. The van der Waals surface area contributed by atoms with Crippen LogP contribution in [0.3, 0.4) is 0 Å². The van der Waals surface area contributed by atoms with E-state index < -0.39 is 0 Å². The highest BCUT2D eigenvalue weighted by molar-refractivity contribution is 6.30. The van der Waals surface area contributed by atoms with E-state index in [2.05, 4.69) is 4.98 Å². The lowest BCUT2D eigenvalue weighted by molar-refractivity contribution is 0.0774. The number of carbonyl (C=O) groups excluding carboxylic acids is 1. The van der Waals surface area contributed by atoms with Gasteiger partial charge in [0.1, 0.15) is 18.2 Å². The number of para-hydroxylation sites is 1. The Balaban J connectivity index is 1.47. The van der Waals surface area contributed by atoms with E-state index in [4.69, 9.17) is 16.3 Å². The van der Waals surface area contributed by atoms with Crippen LogP contribution in [0.25, 0.3) is 16.6 Å². The summed E-state index contributed by atoms with van der Waals surface area (Å²) in [6.07, 6.45) is 0. The summed E-state index contributed by atoms with van der Waals surface area (Å²) in [4.78, 5) is 31.8. The van der Waals surface area contributed by atoms with Crippen LogP contribution < -0.4 is 10.3 Å². The molecule has 0 aliphatic carbocycles. The van der Waals surface area contributed by atoms with Gasteiger partial charge in [0.2, 0.25) is 0 Å². The highest BCUT2D eigenvalue weighted by Gasteiger charge is 2.14. The van der Waals surface area contributed by atoms with Crippen LogP contribution in [0.5, 0.6) is 5.75 Å². The summed E-state index contributed by atoms with van der Waals surface area (Å²) >= 11 is 5.95. The predicted octanol–water partition coefficient (Wildman–Crippen LogP) is 4.50. The van der Waals surface area contributed by atoms with Crippen molar-refractivity contribution in [3.8, 4) is 11.4 Å². The molecule has 0 spiro atoms. The molecule has 0 aliphatic rings. The molecule has 0 saturated heterocycles. The van der Waals surface area contributed by atoms with Gasteiger partial charge in [-0.25, -0.2) is 4.98 Å². The molecule has 32 heavy (non-hydrogen) atoms. The Morgan fingerprint density at radius 2 is 1.81 bits per heavy atom. The standard InChI is InChI=1S/C25H22ClN3O3/c1-17-27-23-9-4-3-8-22(23)25(31)29(17)20-12-10-18(11-13-20)24(30)28(2)14-15-32-21-7-5-6-19(26)16-21/h3-13,16H,14-15H2,1-2H3. The van der Waals surface area contributed by atoms with E-state index in [0.29, 0.717) is 51.9 Å². The zero-order valence-corrected chi connectivity index (χ0v) is 18.5. The zero-order valence-electron chi connectivity index (χ0n) is 17.8. The third-order valence-electron chi connectivity index (χ3n) is 5.15. The molecule has 0 N–H and O–H groups in total. The Morgan fingerprint density at radius 1 is 1.06 bits per heavy atom. The summed E-state index contributed by atoms with van der Waals surface area (Å²) in [5.41, 5.74) is 1.72. The normalized spacial score (nSPS) is 10.8. The Kier molecular flexibility index (Phi) is 6.23. The number of halogens is 1. The van der Waals surface area contributed by atoms with Crippen molar-refractivity contribution in [3.05, 3.63) is 99.6 Å². The van der Waals surface area contributed by atoms with Crippen molar-refractivity contribution in [2.75, 3.05) is 20.2 Å². The average Bonchev–Trinajstić information content (AvgIpc) is 2.79. The van der Waals surface area contributed by atoms with E-state index in [1.54, 1.807) is 65.9 Å². The number of rotatable bonds is 6. The van der Waals surface area contributed by atoms with Gasteiger partial charge in [-0.15, -0.1) is 0 Å². The molecule has 0 aliphatic heterocycles. The number of aromatic nitrogens is 2. The number of ether oxygens (including phenoxy) is 1. The smallest absolute Gasteiger partial charge is 0.265 e. The molecular weight excluding hydrogens is 426 g/mol. The quantitative estimate of drug-likeness (QED) is 0.436. The third kappa shape index (κ3) is 4.50. The fourth-order valence-corrected chi connectivity index (χ4v) is 3.66. The second kappa shape index (κ2) is 9.24. The first-order chi connectivity index (χ1) is 15.4. The Bertz CT molecular complexity index is 1330. The maximum absolute atomic E-state index is 13.0. The van der Waals surface area contributed by atoms with Crippen molar-refractivity contribution in [3.63, 3.8) is 0 Å². The Morgan fingerprint density at radius 3 is 2.56 bits per heavy atom. The first-order valence-corrected chi connectivity index (χ1v) is 10.5. The maximum atomic E-state index is 13.0. The monoisotopic (exact) mass is 447 g/mol. The lowest BCUT2D eigenvalue weighted by Gasteiger charge is -2.18. The molecule has 4 rings (SSSR count). The molecule has 0 unspecified atom stereocenters. The number of nitrogens with zero attached hydrogens (tertiary/aromatic N) is 3. The number of benzene rings is 3. The molecule has 1 amide bonds. The number of hydrogen-bond acceptors (Lipinski definition) is 4. The molecule has 4 aromatic rings. The molecule has 0 saturated carbocycles. The minimum absolute atomic E-state index is 0.132. The van der Waals surface area contributed by atoms with Crippen LogP contribution in [-0.2, 0) is 0 Å². The summed E-state index contributed by atoms with van der Waals surface area (Å²) < 4.78 is 7.21. The second-order valence-electron chi connectivity index (χ2n) is 7.40. The van der Waals surface area contributed by atoms with Crippen molar-refractivity contribution in [2.45, 2.75) is 6.92 Å². The molecule has 0 fully saturated rings. The predicted molar refractivity (Wildman–Crippen MR) is 126 cm³/mol. The van der Waals surface area contributed by atoms with Crippen molar-refractivity contribution in [2.24, 2.45) is 0 Å². The van der Waals surface area contributed by atoms with Gasteiger partial charge in [0.15, 0.2) is 0 Å². The fourth-order valence-electron chi connectivity index (χ4n) is 3.48. The number of carbonyl (C=O) groups is 1. The molecule has 1 heterocycles. The van der Waals surface area contributed by atoms with Crippen molar-refractivity contribution >= 4 is 28.4 Å². The molecule has 162 valence electrons. The number of amides is 1. The topological polar surface area (TPSA) is 64.4 Å². The second-order valence-corrected chi connectivity index (χ2v) is 7.83. The number of aryl methyl sites for hydroxylation is 1. The molecule has 1 aromatic heterocycles. The van der Waals surface area contributed by atoms with Crippen LogP contribution in [-0.4, -0.2) is 40.6 Å². The molecule has 0 atom stereocenters. The number of fused-ring (bicyclic) bond motifs is 1. The maximum Gasteiger partial charge on any atom is 0.265 e. The van der Waals surface area contributed by atoms with Crippen LogP contribution in [0.2, 0.25) is 5.02 Å². The number of hydrogen-bond donors (Lipinski definition) is 0. The van der Waals surface area contributed by atoms with E-state index in [0.717, 1.165) is 0 Å². The zero-order chi connectivity index (χ0) is 22.7. The lowest BCUT2D eigenvalue weighted by atomic mass is 10.1. The average molecular weight is 448 g/mol. The van der Waals surface area contributed by atoms with E-state index in [1.807, 2.05) is 30.3 Å². The summed E-state index contributed by atoms with van der Waals surface area (Å²) in [5, 5.41) is 1.15. The molecule has 6 nitrogen and oxygen atoms in total. The van der Waals surface area contributed by atoms with Gasteiger partial charge in [0.05, 0.1) is 23.1 Å². The first kappa shape index (κ1) is 21.6. The lowest BCUT2D eigenvalue weighted by Crippen LogP contribution is -2.31. The van der Waals surface area contributed by atoms with Crippen LogP contribution in [0.4, 0.5) is 0 Å². The van der Waals surface area contributed by atoms with Gasteiger partial charge in [0, 0.05) is 17.6 Å². The van der Waals surface area contributed by atoms with E-state index >= 15 is 0 Å². The highest BCUT2D eigenvalue weighted by Crippen LogP contribution is 2.17. The molecule has 3 aromatic carbocycles. The van der Waals surface area contributed by atoms with Crippen LogP contribution in [0.15, 0.2) is 77.6 Å². The van der Waals surface area contributed by atoms with E-state index in [1.165, 1.54) is 0 Å². The van der Waals surface area contributed by atoms with Gasteiger partial charge in [-0.05, 0) is 61.5 Å². The Labute approximate surface area is 190 Å². The molecule has 7 heteroatoms. The van der Waals surface area contributed by atoms with Gasteiger partial charge >= 0.3 is 0 Å². The van der Waals surface area contributed by atoms with Gasteiger partial charge < -0.3 is 9.64 Å². The highest BCUT2D eigenvalue weighted by atomic mass is 35.5. The first-order valence-electron chi connectivity index (χ1n) is 10.2.